The molecule has 100 valence electrons. The number of rotatable bonds is 6. The van der Waals surface area contributed by atoms with Crippen molar-refractivity contribution >= 4 is 17.5 Å². The van der Waals surface area contributed by atoms with Crippen molar-refractivity contribution in [1.82, 2.24) is 9.97 Å². The quantitative estimate of drug-likeness (QED) is 0.425. The number of carbonyl (C=O) groups is 1. The number of carbonyl (C=O) groups excluding carboxylic acids is 1. The number of hydrazine groups is 1. The number of anilines is 2. The molecule has 0 aliphatic heterocycles. The zero-order chi connectivity index (χ0) is 13.8. The van der Waals surface area contributed by atoms with Crippen molar-refractivity contribution in [1.29, 1.82) is 0 Å². The Labute approximate surface area is 106 Å². The van der Waals surface area contributed by atoms with Gasteiger partial charge in [0, 0.05) is 19.0 Å². The predicted octanol–water partition coefficient (Wildman–Crippen LogP) is 0.248. The summed E-state index contributed by atoms with van der Waals surface area (Å²) < 4.78 is 0. The SMILES string of the molecule is CCc1nc(NN)cc(NCC(C)(C)C(N)=O)n1. The summed E-state index contributed by atoms with van der Waals surface area (Å²) in [5, 5.41) is 3.07. The van der Waals surface area contributed by atoms with E-state index in [-0.39, 0.29) is 5.91 Å². The monoisotopic (exact) mass is 252 g/mol. The molecule has 1 heterocycles. The molecular formula is C11H20N6O. The smallest absolute Gasteiger partial charge is 0.224 e. The van der Waals surface area contributed by atoms with Crippen LogP contribution in [0.25, 0.3) is 0 Å². The van der Waals surface area contributed by atoms with Crippen LogP contribution in [-0.2, 0) is 11.2 Å². The van der Waals surface area contributed by atoms with Crippen LogP contribution in [0, 0.1) is 5.41 Å². The molecule has 7 nitrogen and oxygen atoms in total. The highest BCUT2D eigenvalue weighted by Gasteiger charge is 2.24. The Morgan fingerprint density at radius 1 is 1.39 bits per heavy atom. The van der Waals surface area contributed by atoms with Gasteiger partial charge in [-0.2, -0.15) is 0 Å². The number of hydrogen-bond acceptors (Lipinski definition) is 6. The van der Waals surface area contributed by atoms with Gasteiger partial charge in [0.2, 0.25) is 5.91 Å². The van der Waals surface area contributed by atoms with Gasteiger partial charge in [-0.25, -0.2) is 15.8 Å². The molecule has 0 aliphatic carbocycles. The van der Waals surface area contributed by atoms with Crippen molar-refractivity contribution in [2.45, 2.75) is 27.2 Å². The summed E-state index contributed by atoms with van der Waals surface area (Å²) in [4.78, 5) is 19.7. The van der Waals surface area contributed by atoms with E-state index in [0.717, 1.165) is 0 Å². The highest BCUT2D eigenvalue weighted by Crippen LogP contribution is 2.17. The van der Waals surface area contributed by atoms with E-state index in [1.807, 2.05) is 6.92 Å². The maximum atomic E-state index is 11.2. The van der Waals surface area contributed by atoms with Crippen LogP contribution in [0.3, 0.4) is 0 Å². The number of nitrogens with one attached hydrogen (secondary N) is 2. The summed E-state index contributed by atoms with van der Waals surface area (Å²) >= 11 is 0. The van der Waals surface area contributed by atoms with Crippen molar-refractivity contribution in [3.8, 4) is 0 Å². The minimum Gasteiger partial charge on any atom is -0.369 e. The molecule has 0 bridgehead atoms. The van der Waals surface area contributed by atoms with Gasteiger partial charge < -0.3 is 16.5 Å². The zero-order valence-electron chi connectivity index (χ0n) is 10.9. The van der Waals surface area contributed by atoms with E-state index in [4.69, 9.17) is 11.6 Å². The first-order valence-corrected chi connectivity index (χ1v) is 5.77. The molecule has 1 amide bonds. The van der Waals surface area contributed by atoms with Gasteiger partial charge in [-0.05, 0) is 13.8 Å². The van der Waals surface area contributed by atoms with E-state index in [1.165, 1.54) is 0 Å². The molecule has 7 heteroatoms. The van der Waals surface area contributed by atoms with Gasteiger partial charge in [-0.3, -0.25) is 4.79 Å². The van der Waals surface area contributed by atoms with Crippen LogP contribution in [-0.4, -0.2) is 22.4 Å². The van der Waals surface area contributed by atoms with E-state index in [1.54, 1.807) is 19.9 Å². The molecular weight excluding hydrogens is 232 g/mol. The van der Waals surface area contributed by atoms with E-state index in [2.05, 4.69) is 20.7 Å². The topological polar surface area (TPSA) is 119 Å². The molecule has 1 aromatic rings. The van der Waals surface area contributed by atoms with Crippen LogP contribution < -0.4 is 22.3 Å². The third-order valence-corrected chi connectivity index (χ3v) is 2.62. The fraction of sp³-hybridized carbons (Fsp3) is 0.545. The highest BCUT2D eigenvalue weighted by atomic mass is 16.1. The summed E-state index contributed by atoms with van der Waals surface area (Å²) in [6, 6.07) is 1.68. The summed E-state index contributed by atoms with van der Waals surface area (Å²) in [7, 11) is 0. The number of aryl methyl sites for hydroxylation is 1. The molecule has 0 saturated heterocycles. The van der Waals surface area contributed by atoms with E-state index in [9.17, 15) is 4.79 Å². The first kappa shape index (κ1) is 14.2. The van der Waals surface area contributed by atoms with Gasteiger partial charge in [-0.15, -0.1) is 0 Å². The number of hydrogen-bond donors (Lipinski definition) is 4. The van der Waals surface area contributed by atoms with Crippen molar-refractivity contribution in [3.63, 3.8) is 0 Å². The molecule has 0 saturated carbocycles. The Morgan fingerprint density at radius 3 is 2.50 bits per heavy atom. The number of amides is 1. The largest absolute Gasteiger partial charge is 0.369 e. The van der Waals surface area contributed by atoms with E-state index >= 15 is 0 Å². The first-order valence-electron chi connectivity index (χ1n) is 5.77. The molecule has 0 spiro atoms. The lowest BCUT2D eigenvalue weighted by molar-refractivity contribution is -0.125. The van der Waals surface area contributed by atoms with Crippen LogP contribution in [0.2, 0.25) is 0 Å². The third kappa shape index (κ3) is 3.56. The van der Waals surface area contributed by atoms with Crippen LogP contribution in [0.5, 0.6) is 0 Å². The van der Waals surface area contributed by atoms with Crippen LogP contribution >= 0.6 is 0 Å². The molecule has 0 aliphatic rings. The summed E-state index contributed by atoms with van der Waals surface area (Å²) in [6.45, 7) is 5.89. The number of nitrogens with zero attached hydrogens (tertiary/aromatic N) is 2. The predicted molar refractivity (Wildman–Crippen MR) is 70.7 cm³/mol. The van der Waals surface area contributed by atoms with Crippen LogP contribution in [0.1, 0.15) is 26.6 Å². The van der Waals surface area contributed by atoms with Gasteiger partial charge in [-0.1, -0.05) is 6.92 Å². The van der Waals surface area contributed by atoms with Gasteiger partial charge in [0.05, 0.1) is 5.41 Å². The molecule has 0 radical (unpaired) electrons. The zero-order valence-corrected chi connectivity index (χ0v) is 10.9. The van der Waals surface area contributed by atoms with E-state index in [0.29, 0.717) is 30.4 Å². The summed E-state index contributed by atoms with van der Waals surface area (Å²) in [5.41, 5.74) is 7.14. The average Bonchev–Trinajstić information content (AvgIpc) is 2.35. The lowest BCUT2D eigenvalue weighted by Gasteiger charge is -2.21. The lowest BCUT2D eigenvalue weighted by atomic mass is 9.93. The second kappa shape index (κ2) is 5.63. The molecule has 0 aromatic carbocycles. The highest BCUT2D eigenvalue weighted by molar-refractivity contribution is 5.80. The fourth-order valence-corrected chi connectivity index (χ4v) is 1.22. The molecule has 0 unspecified atom stereocenters. The Morgan fingerprint density at radius 2 is 2.00 bits per heavy atom. The van der Waals surface area contributed by atoms with Crippen molar-refractivity contribution in [2.75, 3.05) is 17.3 Å². The second-order valence-corrected chi connectivity index (χ2v) is 4.65. The minimum atomic E-state index is -0.645. The summed E-state index contributed by atoms with van der Waals surface area (Å²) in [6.07, 6.45) is 0.698. The van der Waals surface area contributed by atoms with Crippen LogP contribution in [0.15, 0.2) is 6.07 Å². The number of nitrogen functional groups attached to an aromatic ring is 1. The normalized spacial score (nSPS) is 11.1. The minimum absolute atomic E-state index is 0.364. The van der Waals surface area contributed by atoms with Gasteiger partial charge in [0.25, 0.3) is 0 Å². The molecule has 1 rings (SSSR count). The van der Waals surface area contributed by atoms with Gasteiger partial charge in [0.1, 0.15) is 17.5 Å². The van der Waals surface area contributed by atoms with Crippen LogP contribution in [0.4, 0.5) is 11.6 Å². The lowest BCUT2D eigenvalue weighted by Crippen LogP contribution is -2.37. The maximum Gasteiger partial charge on any atom is 0.224 e. The standard InChI is InChI=1S/C11H20N6O/c1-4-7-15-8(5-9(16-7)17-13)14-6-11(2,3)10(12)18/h5H,4,6,13H2,1-3H3,(H2,12,18)(H2,14,15,16,17). The number of aromatic nitrogens is 2. The van der Waals surface area contributed by atoms with Crippen molar-refractivity contribution < 1.29 is 4.79 Å². The second-order valence-electron chi connectivity index (χ2n) is 4.65. The maximum absolute atomic E-state index is 11.2. The number of nitrogens with two attached hydrogens (primary N) is 2. The van der Waals surface area contributed by atoms with Gasteiger partial charge in [0.15, 0.2) is 0 Å². The molecule has 0 fully saturated rings. The average molecular weight is 252 g/mol. The number of primary amides is 1. The Kier molecular flexibility index (Phi) is 4.43. The summed E-state index contributed by atoms with van der Waals surface area (Å²) in [5.74, 6) is 6.78. The molecule has 6 N–H and O–H groups in total. The Bertz CT molecular complexity index is 409. The Balaban J connectivity index is 2.81. The van der Waals surface area contributed by atoms with Crippen molar-refractivity contribution in [3.05, 3.63) is 11.9 Å². The molecule has 0 atom stereocenters. The van der Waals surface area contributed by atoms with Gasteiger partial charge >= 0.3 is 0 Å². The molecule has 1 aromatic heterocycles. The Hall–Kier alpha value is -1.89. The third-order valence-electron chi connectivity index (χ3n) is 2.62. The van der Waals surface area contributed by atoms with Crippen molar-refractivity contribution in [2.24, 2.45) is 17.0 Å². The molecule has 18 heavy (non-hydrogen) atoms. The first-order chi connectivity index (χ1) is 8.39. The fourth-order valence-electron chi connectivity index (χ4n) is 1.22. The van der Waals surface area contributed by atoms with E-state index < -0.39 is 5.41 Å².